The summed E-state index contributed by atoms with van der Waals surface area (Å²) in [5.74, 6) is -1.60. The van der Waals surface area contributed by atoms with Gasteiger partial charge in [-0.1, -0.05) is 13.3 Å². The molecule has 20 heavy (non-hydrogen) atoms. The molecule has 0 aromatic heterocycles. The van der Waals surface area contributed by atoms with E-state index < -0.39 is 24.2 Å². The van der Waals surface area contributed by atoms with Gasteiger partial charge >= 0.3 is 18.0 Å². The molecule has 1 unspecified atom stereocenters. The predicted octanol–water partition coefficient (Wildman–Crippen LogP) is 0.378. The third kappa shape index (κ3) is 4.23. The highest BCUT2D eigenvalue weighted by molar-refractivity contribution is 5.84. The zero-order chi connectivity index (χ0) is 15.1. The largest absolute Gasteiger partial charge is 0.462 e. The highest BCUT2D eigenvalue weighted by Crippen LogP contribution is 2.11. The van der Waals surface area contributed by atoms with Crippen LogP contribution >= 0.6 is 0 Å². The lowest BCUT2D eigenvalue weighted by molar-refractivity contribution is -0.173. The monoisotopic (exact) mass is 286 g/mol. The molecule has 1 aliphatic heterocycles. The van der Waals surface area contributed by atoms with Gasteiger partial charge in [0.15, 0.2) is 0 Å². The Hall–Kier alpha value is -2.09. The lowest BCUT2D eigenvalue weighted by Crippen LogP contribution is -2.52. The minimum Gasteiger partial charge on any atom is -0.462 e. The summed E-state index contributed by atoms with van der Waals surface area (Å²) in [5.41, 5.74) is 0. The number of hydrogen-bond acceptors (Lipinski definition) is 6. The summed E-state index contributed by atoms with van der Waals surface area (Å²) < 4.78 is 4.83. The lowest BCUT2D eigenvalue weighted by Gasteiger charge is -2.31. The maximum Gasteiger partial charge on any atom is 0.360 e. The van der Waals surface area contributed by atoms with Crippen molar-refractivity contribution in [3.8, 4) is 0 Å². The van der Waals surface area contributed by atoms with E-state index in [1.54, 1.807) is 0 Å². The van der Waals surface area contributed by atoms with Crippen molar-refractivity contribution in [3.05, 3.63) is 12.3 Å². The van der Waals surface area contributed by atoms with Crippen molar-refractivity contribution in [3.63, 3.8) is 0 Å². The highest BCUT2D eigenvalue weighted by Gasteiger charge is 2.34. The van der Waals surface area contributed by atoms with Crippen LogP contribution in [0, 0.1) is 0 Å². The van der Waals surface area contributed by atoms with Gasteiger partial charge in [-0.25, -0.2) is 14.4 Å². The van der Waals surface area contributed by atoms with Gasteiger partial charge in [0.05, 0.1) is 6.61 Å². The molecule has 0 spiro atoms. The standard InChI is InChI=1S/C12H18N2O6/c1-3-4-8-19-11(17)10(16)13-6-5-7-14(12(13)18)20-9(2)15/h5,7,10,16H,3-4,6,8H2,1-2H3. The van der Waals surface area contributed by atoms with E-state index in [9.17, 15) is 19.5 Å². The van der Waals surface area contributed by atoms with Crippen LogP contribution in [-0.4, -0.2) is 52.4 Å². The van der Waals surface area contributed by atoms with Gasteiger partial charge in [-0.15, -0.1) is 5.06 Å². The van der Waals surface area contributed by atoms with E-state index in [4.69, 9.17) is 4.74 Å². The molecule has 1 heterocycles. The van der Waals surface area contributed by atoms with Gasteiger partial charge in [-0.3, -0.25) is 4.90 Å². The summed E-state index contributed by atoms with van der Waals surface area (Å²) in [6, 6.07) is -0.817. The van der Waals surface area contributed by atoms with Crippen molar-refractivity contribution in [2.24, 2.45) is 0 Å². The number of rotatable bonds is 6. The van der Waals surface area contributed by atoms with Crippen LogP contribution in [0.25, 0.3) is 0 Å². The summed E-state index contributed by atoms with van der Waals surface area (Å²) >= 11 is 0. The summed E-state index contributed by atoms with van der Waals surface area (Å²) in [7, 11) is 0. The fourth-order valence-corrected chi connectivity index (χ4v) is 1.46. The third-order valence-electron chi connectivity index (χ3n) is 2.45. The van der Waals surface area contributed by atoms with Gasteiger partial charge < -0.3 is 14.7 Å². The Balaban J connectivity index is 2.61. The van der Waals surface area contributed by atoms with Crippen molar-refractivity contribution < 1.29 is 29.1 Å². The first kappa shape index (κ1) is 16.0. The number of hydrogen-bond donors (Lipinski definition) is 1. The molecule has 8 heteroatoms. The van der Waals surface area contributed by atoms with Crippen molar-refractivity contribution >= 4 is 18.0 Å². The fraction of sp³-hybridized carbons (Fsp3) is 0.583. The summed E-state index contributed by atoms with van der Waals surface area (Å²) in [5, 5.41) is 10.4. The molecule has 1 aliphatic rings. The zero-order valence-corrected chi connectivity index (χ0v) is 11.4. The van der Waals surface area contributed by atoms with Gasteiger partial charge in [0.2, 0.25) is 6.23 Å². The normalized spacial score (nSPS) is 16.1. The van der Waals surface area contributed by atoms with E-state index in [0.29, 0.717) is 11.5 Å². The Morgan fingerprint density at radius 2 is 2.20 bits per heavy atom. The molecule has 0 aromatic carbocycles. The molecule has 0 saturated carbocycles. The van der Waals surface area contributed by atoms with E-state index in [0.717, 1.165) is 18.2 Å². The summed E-state index contributed by atoms with van der Waals surface area (Å²) in [6.07, 6.45) is 2.49. The van der Waals surface area contributed by atoms with Crippen LogP contribution in [0.5, 0.6) is 0 Å². The average Bonchev–Trinajstić information content (AvgIpc) is 2.40. The minimum atomic E-state index is -1.73. The van der Waals surface area contributed by atoms with E-state index in [1.165, 1.54) is 12.3 Å². The average molecular weight is 286 g/mol. The number of unbranched alkanes of at least 4 members (excludes halogenated alkanes) is 1. The minimum absolute atomic E-state index is 0.0145. The Morgan fingerprint density at radius 1 is 1.50 bits per heavy atom. The predicted molar refractivity (Wildman–Crippen MR) is 66.7 cm³/mol. The molecule has 8 nitrogen and oxygen atoms in total. The number of carbonyl (C=O) groups excluding carboxylic acids is 3. The number of aliphatic hydroxyl groups is 1. The topological polar surface area (TPSA) is 96.4 Å². The second kappa shape index (κ2) is 7.49. The van der Waals surface area contributed by atoms with Gasteiger partial charge in [0.25, 0.3) is 0 Å². The molecule has 0 aromatic rings. The molecular weight excluding hydrogens is 268 g/mol. The van der Waals surface area contributed by atoms with E-state index >= 15 is 0 Å². The molecule has 0 aliphatic carbocycles. The van der Waals surface area contributed by atoms with Crippen molar-refractivity contribution in [2.45, 2.75) is 32.9 Å². The Labute approximate surface area is 116 Å². The number of ether oxygens (including phenoxy) is 1. The Bertz CT molecular complexity index is 409. The number of carbonyl (C=O) groups is 3. The second-order valence-electron chi connectivity index (χ2n) is 4.12. The van der Waals surface area contributed by atoms with Crippen molar-refractivity contribution in [1.82, 2.24) is 9.96 Å². The molecule has 1 N–H and O–H groups in total. The molecule has 0 radical (unpaired) electrons. The van der Waals surface area contributed by atoms with Crippen molar-refractivity contribution in [2.75, 3.05) is 13.2 Å². The van der Waals surface area contributed by atoms with Gasteiger partial charge in [-0.2, -0.15) is 0 Å². The zero-order valence-electron chi connectivity index (χ0n) is 11.4. The number of hydroxylamine groups is 2. The quantitative estimate of drug-likeness (QED) is 0.560. The van der Waals surface area contributed by atoms with Crippen LogP contribution in [0.15, 0.2) is 12.3 Å². The first-order valence-corrected chi connectivity index (χ1v) is 6.27. The van der Waals surface area contributed by atoms with Crippen LogP contribution < -0.4 is 0 Å². The molecule has 0 fully saturated rings. The molecule has 112 valence electrons. The van der Waals surface area contributed by atoms with E-state index in [2.05, 4.69) is 4.84 Å². The SMILES string of the molecule is CCCCOC(=O)C(O)N1CC=CN(OC(C)=O)C1=O. The molecule has 2 amide bonds. The molecule has 1 rings (SSSR count). The van der Waals surface area contributed by atoms with Crippen LogP contribution in [0.3, 0.4) is 0 Å². The van der Waals surface area contributed by atoms with Crippen LogP contribution in [0.4, 0.5) is 4.79 Å². The number of urea groups is 1. The smallest absolute Gasteiger partial charge is 0.360 e. The Kier molecular flexibility index (Phi) is 5.98. The highest BCUT2D eigenvalue weighted by atomic mass is 16.7. The maximum absolute atomic E-state index is 11.9. The number of nitrogens with zero attached hydrogens (tertiary/aromatic N) is 2. The van der Waals surface area contributed by atoms with Crippen LogP contribution in [0.2, 0.25) is 0 Å². The van der Waals surface area contributed by atoms with E-state index in [-0.39, 0.29) is 13.2 Å². The maximum atomic E-state index is 11.9. The third-order valence-corrected chi connectivity index (χ3v) is 2.45. The molecule has 0 bridgehead atoms. The second-order valence-corrected chi connectivity index (χ2v) is 4.12. The van der Waals surface area contributed by atoms with Crippen LogP contribution in [-0.2, 0) is 19.2 Å². The van der Waals surface area contributed by atoms with Crippen LogP contribution in [0.1, 0.15) is 26.7 Å². The lowest BCUT2D eigenvalue weighted by atomic mass is 10.3. The molecule has 0 saturated heterocycles. The fourth-order valence-electron chi connectivity index (χ4n) is 1.46. The van der Waals surface area contributed by atoms with E-state index in [1.807, 2.05) is 6.92 Å². The van der Waals surface area contributed by atoms with Gasteiger partial charge in [-0.05, 0) is 12.5 Å². The first-order valence-electron chi connectivity index (χ1n) is 6.27. The number of aliphatic hydroxyl groups excluding tert-OH is 1. The van der Waals surface area contributed by atoms with Crippen molar-refractivity contribution in [1.29, 1.82) is 0 Å². The summed E-state index contributed by atoms with van der Waals surface area (Å²) in [4.78, 5) is 39.7. The number of amides is 2. The Morgan fingerprint density at radius 3 is 2.80 bits per heavy atom. The van der Waals surface area contributed by atoms with Gasteiger partial charge in [0.1, 0.15) is 0 Å². The molecular formula is C12H18N2O6. The number of esters is 1. The first-order chi connectivity index (χ1) is 9.47. The van der Waals surface area contributed by atoms with Gasteiger partial charge in [0, 0.05) is 19.7 Å². The molecule has 1 atom stereocenters. The summed E-state index contributed by atoms with van der Waals surface area (Å²) in [6.45, 7) is 3.26.